The lowest BCUT2D eigenvalue weighted by molar-refractivity contribution is -0.139. The molecule has 98 valence electrons. The lowest BCUT2D eigenvalue weighted by Crippen LogP contribution is -2.26. The summed E-state index contributed by atoms with van der Waals surface area (Å²) in [5.41, 5.74) is 0.520. The molecule has 0 radical (unpaired) electrons. The molecule has 1 aromatic rings. The van der Waals surface area contributed by atoms with Crippen molar-refractivity contribution in [2.75, 3.05) is 19.0 Å². The molecule has 1 unspecified atom stereocenters. The number of rotatable bonds is 6. The zero-order chi connectivity index (χ0) is 13.5. The molecule has 0 spiro atoms. The second-order valence-electron chi connectivity index (χ2n) is 3.58. The summed E-state index contributed by atoms with van der Waals surface area (Å²) in [6, 6.07) is 6.49. The predicted octanol–water partition coefficient (Wildman–Crippen LogP) is 1.12. The minimum atomic E-state index is -1.06. The molecule has 1 rings (SSSR count). The number of nitrogens with one attached hydrogen (secondary N) is 1. The van der Waals surface area contributed by atoms with Gasteiger partial charge in [-0.25, -0.2) is 4.79 Å². The van der Waals surface area contributed by atoms with Crippen molar-refractivity contribution in [1.29, 1.82) is 0 Å². The normalized spacial score (nSPS) is 11.7. The van der Waals surface area contributed by atoms with Gasteiger partial charge >= 0.3 is 5.97 Å². The van der Waals surface area contributed by atoms with Gasteiger partial charge in [0.25, 0.3) is 5.91 Å². The average Bonchev–Trinajstić information content (AvgIpc) is 2.35. The standard InChI is InChI=1S/C12H15NO5/c1-8(17-2)12(16)13-9-4-3-5-10(6-9)18-7-11(14)15/h3-6,8H,7H2,1-2H3,(H,13,16)(H,14,15). The number of benzene rings is 1. The van der Waals surface area contributed by atoms with Crippen molar-refractivity contribution >= 4 is 17.6 Å². The highest BCUT2D eigenvalue weighted by atomic mass is 16.5. The number of carbonyl (C=O) groups is 2. The molecule has 1 aromatic carbocycles. The maximum Gasteiger partial charge on any atom is 0.341 e. The highest BCUT2D eigenvalue weighted by Crippen LogP contribution is 2.17. The summed E-state index contributed by atoms with van der Waals surface area (Å²) in [5.74, 6) is -0.967. The molecule has 2 N–H and O–H groups in total. The van der Waals surface area contributed by atoms with Crippen LogP contribution in [0.1, 0.15) is 6.92 Å². The Morgan fingerprint density at radius 2 is 2.17 bits per heavy atom. The van der Waals surface area contributed by atoms with Gasteiger partial charge in [0, 0.05) is 18.9 Å². The van der Waals surface area contributed by atoms with E-state index < -0.39 is 18.7 Å². The summed E-state index contributed by atoms with van der Waals surface area (Å²) in [7, 11) is 1.44. The Hall–Kier alpha value is -2.08. The number of hydrogen-bond donors (Lipinski definition) is 2. The Balaban J connectivity index is 2.64. The Morgan fingerprint density at radius 3 is 2.78 bits per heavy atom. The number of carbonyl (C=O) groups excluding carboxylic acids is 1. The van der Waals surface area contributed by atoms with Crippen molar-refractivity contribution < 1.29 is 24.2 Å². The van der Waals surface area contributed by atoms with Crippen molar-refractivity contribution in [2.24, 2.45) is 0 Å². The minimum absolute atomic E-state index is 0.284. The molecule has 18 heavy (non-hydrogen) atoms. The van der Waals surface area contributed by atoms with Crippen molar-refractivity contribution in [3.05, 3.63) is 24.3 Å². The number of hydrogen-bond acceptors (Lipinski definition) is 4. The van der Waals surface area contributed by atoms with Gasteiger partial charge in [-0.1, -0.05) is 6.07 Å². The van der Waals surface area contributed by atoms with Gasteiger partial charge in [-0.05, 0) is 19.1 Å². The first-order valence-electron chi connectivity index (χ1n) is 5.31. The topological polar surface area (TPSA) is 84.9 Å². The SMILES string of the molecule is COC(C)C(=O)Nc1cccc(OCC(=O)O)c1. The molecule has 0 aromatic heterocycles. The fourth-order valence-electron chi connectivity index (χ4n) is 1.16. The third kappa shape index (κ3) is 4.42. The molecule has 0 aliphatic rings. The van der Waals surface area contributed by atoms with Gasteiger partial charge in [-0.3, -0.25) is 4.79 Å². The summed E-state index contributed by atoms with van der Waals surface area (Å²) in [4.78, 5) is 21.9. The Kier molecular flexibility index (Phi) is 5.13. The van der Waals surface area contributed by atoms with Gasteiger partial charge in [0.2, 0.25) is 0 Å². The Morgan fingerprint density at radius 1 is 1.44 bits per heavy atom. The van der Waals surface area contributed by atoms with E-state index in [1.165, 1.54) is 7.11 Å². The number of aliphatic carboxylic acids is 1. The Bertz CT molecular complexity index is 432. The van der Waals surface area contributed by atoms with E-state index >= 15 is 0 Å². The highest BCUT2D eigenvalue weighted by Gasteiger charge is 2.11. The molecule has 0 bridgehead atoms. The van der Waals surface area contributed by atoms with Crippen LogP contribution >= 0.6 is 0 Å². The second-order valence-corrected chi connectivity index (χ2v) is 3.58. The zero-order valence-electron chi connectivity index (χ0n) is 10.2. The van der Waals surface area contributed by atoms with Crippen LogP contribution in [0.25, 0.3) is 0 Å². The van der Waals surface area contributed by atoms with Crippen molar-refractivity contribution in [1.82, 2.24) is 0 Å². The van der Waals surface area contributed by atoms with Crippen LogP contribution in [0.3, 0.4) is 0 Å². The molecule has 1 amide bonds. The van der Waals surface area contributed by atoms with Gasteiger partial charge in [-0.2, -0.15) is 0 Å². The molecular formula is C12H15NO5. The molecule has 6 nitrogen and oxygen atoms in total. The first kappa shape index (κ1) is 14.0. The van der Waals surface area contributed by atoms with E-state index in [-0.39, 0.29) is 5.91 Å². The number of ether oxygens (including phenoxy) is 2. The van der Waals surface area contributed by atoms with Gasteiger partial charge in [-0.15, -0.1) is 0 Å². The van der Waals surface area contributed by atoms with E-state index in [4.69, 9.17) is 14.6 Å². The van der Waals surface area contributed by atoms with Crippen molar-refractivity contribution in [2.45, 2.75) is 13.0 Å². The third-order valence-corrected chi connectivity index (χ3v) is 2.19. The largest absolute Gasteiger partial charge is 0.482 e. The van der Waals surface area contributed by atoms with Crippen LogP contribution in [0.4, 0.5) is 5.69 Å². The highest BCUT2D eigenvalue weighted by molar-refractivity contribution is 5.94. The number of amides is 1. The smallest absolute Gasteiger partial charge is 0.341 e. The van der Waals surface area contributed by atoms with Gasteiger partial charge in [0.15, 0.2) is 6.61 Å². The average molecular weight is 253 g/mol. The zero-order valence-corrected chi connectivity index (χ0v) is 10.2. The predicted molar refractivity (Wildman–Crippen MR) is 64.7 cm³/mol. The molecule has 0 aliphatic heterocycles. The maximum absolute atomic E-state index is 11.5. The lowest BCUT2D eigenvalue weighted by Gasteiger charge is -2.11. The number of carboxylic acids is 1. The molecule has 0 fully saturated rings. The fourth-order valence-corrected chi connectivity index (χ4v) is 1.16. The van der Waals surface area contributed by atoms with Crippen LogP contribution in [0.15, 0.2) is 24.3 Å². The number of methoxy groups -OCH3 is 1. The Labute approximate surface area is 105 Å². The van der Waals surface area contributed by atoms with Crippen LogP contribution in [-0.4, -0.2) is 36.8 Å². The van der Waals surface area contributed by atoms with E-state index in [9.17, 15) is 9.59 Å². The van der Waals surface area contributed by atoms with Gasteiger partial charge in [0.05, 0.1) is 0 Å². The summed E-state index contributed by atoms with van der Waals surface area (Å²) < 4.78 is 9.87. The molecule has 6 heteroatoms. The van der Waals surface area contributed by atoms with E-state index in [1.54, 1.807) is 31.2 Å². The van der Waals surface area contributed by atoms with Gasteiger partial charge < -0.3 is 19.9 Å². The van der Waals surface area contributed by atoms with Crippen molar-refractivity contribution in [3.63, 3.8) is 0 Å². The quantitative estimate of drug-likeness (QED) is 0.793. The minimum Gasteiger partial charge on any atom is -0.482 e. The molecule has 0 saturated carbocycles. The number of carboxylic acid groups (broad SMARTS) is 1. The van der Waals surface area contributed by atoms with Crippen LogP contribution in [-0.2, 0) is 14.3 Å². The monoisotopic (exact) mass is 253 g/mol. The van der Waals surface area contributed by atoms with Crippen LogP contribution in [0, 0.1) is 0 Å². The van der Waals surface area contributed by atoms with E-state index in [2.05, 4.69) is 5.32 Å². The lowest BCUT2D eigenvalue weighted by atomic mass is 10.3. The van der Waals surface area contributed by atoms with Crippen LogP contribution in [0.2, 0.25) is 0 Å². The molecule has 0 heterocycles. The summed E-state index contributed by atoms with van der Waals surface area (Å²) in [6.07, 6.45) is -0.561. The van der Waals surface area contributed by atoms with Crippen molar-refractivity contribution in [3.8, 4) is 5.75 Å². The van der Waals surface area contributed by atoms with E-state index in [0.717, 1.165) is 0 Å². The van der Waals surface area contributed by atoms with Gasteiger partial charge in [0.1, 0.15) is 11.9 Å². The molecule has 0 saturated heterocycles. The first-order valence-corrected chi connectivity index (χ1v) is 5.31. The third-order valence-electron chi connectivity index (χ3n) is 2.19. The van der Waals surface area contributed by atoms with E-state index in [0.29, 0.717) is 11.4 Å². The molecule has 1 atom stereocenters. The summed E-state index contributed by atoms with van der Waals surface area (Å²) in [6.45, 7) is 1.20. The van der Waals surface area contributed by atoms with Crippen LogP contribution in [0.5, 0.6) is 5.75 Å². The molecule has 0 aliphatic carbocycles. The first-order chi connectivity index (χ1) is 8.52. The van der Waals surface area contributed by atoms with Crippen LogP contribution < -0.4 is 10.1 Å². The summed E-state index contributed by atoms with van der Waals surface area (Å²) >= 11 is 0. The summed E-state index contributed by atoms with van der Waals surface area (Å²) in [5, 5.41) is 11.1. The number of anilines is 1. The molecular weight excluding hydrogens is 238 g/mol. The maximum atomic E-state index is 11.5. The second kappa shape index (κ2) is 6.61. The van der Waals surface area contributed by atoms with E-state index in [1.807, 2.05) is 0 Å². The fraction of sp³-hybridized carbons (Fsp3) is 0.333.